The normalized spacial score (nSPS) is 12.9. The highest BCUT2D eigenvalue weighted by molar-refractivity contribution is 7.89. The van der Waals surface area contributed by atoms with Gasteiger partial charge in [0.05, 0.1) is 35.3 Å². The van der Waals surface area contributed by atoms with Gasteiger partial charge in [0.15, 0.2) is 5.75 Å². The second-order valence-electron chi connectivity index (χ2n) is 10.8. The number of aromatic carboxylic acids is 2. The van der Waals surface area contributed by atoms with Gasteiger partial charge in [-0.15, -0.1) is 0 Å². The first kappa shape index (κ1) is 43.7. The van der Waals surface area contributed by atoms with Crippen LogP contribution < -0.4 is 41.2 Å². The number of nitrogens with zero attached hydrogens (tertiary/aromatic N) is 1. The molecule has 0 bridgehead atoms. The van der Waals surface area contributed by atoms with E-state index in [4.69, 9.17) is 20.1 Å². The molecule has 3 rings (SSSR count). The van der Waals surface area contributed by atoms with Crippen molar-refractivity contribution in [3.63, 3.8) is 0 Å². The lowest BCUT2D eigenvalue weighted by atomic mass is 10.1. The number of benzene rings is 2. The Labute approximate surface area is 295 Å². The summed E-state index contributed by atoms with van der Waals surface area (Å²) in [5.41, 5.74) is 0.977. The molecule has 1 heterocycles. The molecule has 50 heavy (non-hydrogen) atoms. The predicted molar refractivity (Wildman–Crippen MR) is 196 cm³/mol. The maximum absolute atomic E-state index is 12.1. The molecule has 0 atom stereocenters. The number of methoxy groups -OCH3 is 1. The number of carboxylic acid groups (broad SMARTS) is 2. The van der Waals surface area contributed by atoms with Gasteiger partial charge in [0, 0.05) is 39.3 Å². The van der Waals surface area contributed by atoms with Gasteiger partial charge < -0.3 is 41.1 Å². The van der Waals surface area contributed by atoms with Crippen LogP contribution in [0, 0.1) is 0 Å². The number of nitrogens with two attached hydrogens (primary N) is 2. The zero-order valence-electron chi connectivity index (χ0n) is 29.0. The number of rotatable bonds is 16. The highest BCUT2D eigenvalue weighted by Gasteiger charge is 2.26. The number of primary sulfonamides is 2. The minimum Gasteiger partial charge on any atom is -0.493 e. The molecule has 1 aliphatic heterocycles. The van der Waals surface area contributed by atoms with Crippen LogP contribution in [-0.2, 0) is 20.0 Å². The van der Waals surface area contributed by atoms with Crippen molar-refractivity contribution in [3.05, 3.63) is 60.4 Å². The summed E-state index contributed by atoms with van der Waals surface area (Å²) in [6.45, 7) is 13.3. The van der Waals surface area contributed by atoms with E-state index in [2.05, 4.69) is 27.8 Å². The van der Waals surface area contributed by atoms with Crippen molar-refractivity contribution in [2.75, 3.05) is 61.9 Å². The lowest BCUT2D eigenvalue weighted by Gasteiger charge is -2.32. The van der Waals surface area contributed by atoms with Crippen molar-refractivity contribution < 1.29 is 41.4 Å². The zero-order chi connectivity index (χ0) is 37.9. The van der Waals surface area contributed by atoms with Crippen molar-refractivity contribution in [2.24, 2.45) is 10.3 Å². The minimum atomic E-state index is -4.08. The molecule has 16 nitrogen and oxygen atoms in total. The second kappa shape index (κ2) is 21.7. The van der Waals surface area contributed by atoms with Crippen molar-refractivity contribution in [1.82, 2.24) is 10.6 Å². The van der Waals surface area contributed by atoms with E-state index in [0.717, 1.165) is 50.9 Å². The largest absolute Gasteiger partial charge is 0.493 e. The van der Waals surface area contributed by atoms with Gasteiger partial charge in [-0.2, -0.15) is 0 Å². The molecule has 0 radical (unpaired) electrons. The number of ether oxygens (including phenoxy) is 1. The summed E-state index contributed by atoms with van der Waals surface area (Å²) in [7, 11) is -6.84. The molecule has 1 aliphatic rings. The van der Waals surface area contributed by atoms with Crippen LogP contribution in [0.5, 0.6) is 5.75 Å². The van der Waals surface area contributed by atoms with Crippen molar-refractivity contribution in [1.29, 1.82) is 0 Å². The minimum absolute atomic E-state index is 0.0219. The fourth-order valence-corrected chi connectivity index (χ4v) is 6.08. The first-order chi connectivity index (χ1) is 23.6. The van der Waals surface area contributed by atoms with Gasteiger partial charge in [-0.25, -0.2) is 36.7 Å². The van der Waals surface area contributed by atoms with E-state index in [9.17, 15) is 31.5 Å². The summed E-state index contributed by atoms with van der Waals surface area (Å²) in [5.74, 6) is -2.41. The number of allylic oxidation sites excluding steroid dienone is 1. The summed E-state index contributed by atoms with van der Waals surface area (Å²) in [6, 6.07) is 4.93. The number of carboxylic acids is 2. The Kier molecular flexibility index (Phi) is 18.9. The average Bonchev–Trinajstić information content (AvgIpc) is 3.07. The SMILES string of the molecule is C=CN/C=C\C.CCCCNc1cc(C(=O)O)cc(S(N)(=O)=O)c1N1CCNCC1.CCCCNc1cc(C(=O)O)cc(S(N)(=O)=O)c1OC. The molecule has 10 N–H and O–H groups in total. The van der Waals surface area contributed by atoms with Crippen LogP contribution in [0.15, 0.2) is 59.1 Å². The highest BCUT2D eigenvalue weighted by Crippen LogP contribution is 2.35. The van der Waals surface area contributed by atoms with E-state index in [-0.39, 0.29) is 26.7 Å². The maximum Gasteiger partial charge on any atom is 0.335 e. The third-order valence-electron chi connectivity index (χ3n) is 6.95. The number of sulfonamides is 2. The van der Waals surface area contributed by atoms with E-state index in [1.165, 1.54) is 19.2 Å². The fourth-order valence-electron chi connectivity index (χ4n) is 4.54. The van der Waals surface area contributed by atoms with Gasteiger partial charge in [-0.05, 0) is 56.4 Å². The molecule has 0 unspecified atom stereocenters. The summed E-state index contributed by atoms with van der Waals surface area (Å²) in [4.78, 5) is 23.8. The predicted octanol–water partition coefficient (Wildman–Crippen LogP) is 3.16. The maximum atomic E-state index is 12.1. The molecule has 280 valence electrons. The van der Waals surface area contributed by atoms with Gasteiger partial charge in [0.1, 0.15) is 9.79 Å². The van der Waals surface area contributed by atoms with Gasteiger partial charge in [0.25, 0.3) is 0 Å². The zero-order valence-corrected chi connectivity index (χ0v) is 30.6. The smallest absolute Gasteiger partial charge is 0.335 e. The van der Waals surface area contributed by atoms with Crippen LogP contribution >= 0.6 is 0 Å². The topological polar surface area (TPSA) is 256 Å². The first-order valence-corrected chi connectivity index (χ1v) is 19.0. The summed E-state index contributed by atoms with van der Waals surface area (Å²) < 4.78 is 52.3. The summed E-state index contributed by atoms with van der Waals surface area (Å²) in [6.07, 6.45) is 9.00. The lowest BCUT2D eigenvalue weighted by Crippen LogP contribution is -2.44. The Morgan fingerprint density at radius 2 is 1.38 bits per heavy atom. The number of nitrogens with one attached hydrogen (secondary N) is 4. The molecule has 2 aromatic rings. The third kappa shape index (κ3) is 14.2. The molecule has 1 saturated heterocycles. The van der Waals surface area contributed by atoms with Crippen LogP contribution in [0.3, 0.4) is 0 Å². The molecule has 0 aliphatic carbocycles. The van der Waals surface area contributed by atoms with Gasteiger partial charge in [-0.3, -0.25) is 0 Å². The first-order valence-electron chi connectivity index (χ1n) is 15.9. The van der Waals surface area contributed by atoms with E-state index >= 15 is 0 Å². The molecule has 18 heteroatoms. The molecule has 0 aromatic heterocycles. The van der Waals surface area contributed by atoms with Gasteiger partial charge in [-0.1, -0.05) is 39.3 Å². The Morgan fingerprint density at radius 3 is 1.78 bits per heavy atom. The fraction of sp³-hybridized carbons (Fsp3) is 0.438. The number of hydrogen-bond donors (Lipinski definition) is 8. The van der Waals surface area contributed by atoms with Crippen molar-refractivity contribution in [2.45, 2.75) is 56.2 Å². The molecule has 0 saturated carbocycles. The number of unbranched alkanes of at least 4 members (excludes halogenated alkanes) is 2. The summed E-state index contributed by atoms with van der Waals surface area (Å²) >= 11 is 0. The van der Waals surface area contributed by atoms with Crippen LogP contribution in [-0.4, -0.2) is 85.4 Å². The number of piperazine rings is 1. The monoisotopic (exact) mass is 741 g/mol. The van der Waals surface area contributed by atoms with Gasteiger partial charge >= 0.3 is 11.9 Å². The Hall–Kier alpha value is -4.36. The number of hydrogen-bond acceptors (Lipinski definition) is 12. The van der Waals surface area contributed by atoms with Crippen LogP contribution in [0.25, 0.3) is 0 Å². The van der Waals surface area contributed by atoms with Crippen molar-refractivity contribution >= 4 is 49.0 Å². The van der Waals surface area contributed by atoms with E-state index in [1.54, 1.807) is 6.20 Å². The quantitative estimate of drug-likeness (QED) is 0.115. The van der Waals surface area contributed by atoms with Crippen LogP contribution in [0.4, 0.5) is 17.1 Å². The number of carbonyl (C=O) groups is 2. The van der Waals surface area contributed by atoms with Crippen molar-refractivity contribution in [3.8, 4) is 5.75 Å². The molecule has 0 spiro atoms. The summed E-state index contributed by atoms with van der Waals surface area (Å²) in [5, 5.41) is 40.9. The van der Waals surface area contributed by atoms with E-state index in [1.807, 2.05) is 37.9 Å². The average molecular weight is 742 g/mol. The van der Waals surface area contributed by atoms with Gasteiger partial charge in [0.2, 0.25) is 20.0 Å². The molecule has 1 fully saturated rings. The van der Waals surface area contributed by atoms with E-state index in [0.29, 0.717) is 43.2 Å². The molecular weight excluding hydrogens is 691 g/mol. The third-order valence-corrected chi connectivity index (χ3v) is 8.79. The van der Waals surface area contributed by atoms with Crippen LogP contribution in [0.2, 0.25) is 0 Å². The highest BCUT2D eigenvalue weighted by atomic mass is 32.2. The Balaban J connectivity index is 0.000000435. The van der Waals surface area contributed by atoms with Crippen LogP contribution in [0.1, 0.15) is 67.2 Å². The molecule has 2 aromatic carbocycles. The Morgan fingerprint density at radius 1 is 0.900 bits per heavy atom. The standard InChI is InChI=1S/C15H24N4O4S.C12H18N2O5S.C5H9N/c1-2-3-4-18-12-9-11(15(20)21)10-13(24(16,22)23)14(12)19-7-5-17-6-8-19;1-3-4-5-14-9-6-8(12(15)16)7-10(11(9)19-2)20(13,17)18;1-3-5-6-4-2/h9-10,17-18H,2-8H2,1H3,(H,20,21)(H2,16,22,23);6-7,14H,3-5H2,1-2H3,(H,15,16)(H2,13,17,18);3-6H,2H2,1H3/b;;5-3-. The number of anilines is 3. The second-order valence-corrected chi connectivity index (χ2v) is 13.9. The molecule has 0 amide bonds. The molecular formula is C32H51N7O9S2. The lowest BCUT2D eigenvalue weighted by molar-refractivity contribution is 0.0686. The Bertz CT molecular complexity index is 1680. The van der Waals surface area contributed by atoms with E-state index < -0.39 is 32.0 Å².